The molecular formula is C16H17ClO3. The van der Waals surface area contributed by atoms with E-state index in [0.29, 0.717) is 34.3 Å². The van der Waals surface area contributed by atoms with Gasteiger partial charge >= 0.3 is 0 Å². The van der Waals surface area contributed by atoms with Crippen LogP contribution in [0.2, 0.25) is 5.02 Å². The lowest BCUT2D eigenvalue weighted by atomic mass is 10.00. The van der Waals surface area contributed by atoms with Crippen LogP contribution in [0.25, 0.3) is 0 Å². The molecule has 1 N–H and O–H groups in total. The minimum Gasteiger partial charge on any atom is -0.496 e. The van der Waals surface area contributed by atoms with Gasteiger partial charge in [0.05, 0.1) is 13.7 Å². The smallest absolute Gasteiger partial charge is 0.126 e. The molecule has 0 aliphatic carbocycles. The van der Waals surface area contributed by atoms with Crippen LogP contribution in [0.5, 0.6) is 11.5 Å². The molecule has 4 heteroatoms. The molecule has 1 atom stereocenters. The Balaban J connectivity index is 2.43. The average molecular weight is 293 g/mol. The van der Waals surface area contributed by atoms with Crippen molar-refractivity contribution in [3.63, 3.8) is 0 Å². The molecule has 1 unspecified atom stereocenters. The van der Waals surface area contributed by atoms with Crippen molar-refractivity contribution in [2.24, 2.45) is 0 Å². The van der Waals surface area contributed by atoms with Crippen LogP contribution in [-0.2, 0) is 0 Å². The van der Waals surface area contributed by atoms with Crippen LogP contribution in [-0.4, -0.2) is 18.8 Å². The number of benzene rings is 2. The van der Waals surface area contributed by atoms with E-state index in [2.05, 4.69) is 0 Å². The molecule has 0 aromatic heterocycles. The lowest BCUT2D eigenvalue weighted by molar-refractivity contribution is 0.207. The molecule has 0 saturated heterocycles. The summed E-state index contributed by atoms with van der Waals surface area (Å²) in [6.45, 7) is 2.45. The van der Waals surface area contributed by atoms with Gasteiger partial charge in [-0.3, -0.25) is 0 Å². The number of aliphatic hydroxyl groups is 1. The fraction of sp³-hybridized carbons (Fsp3) is 0.250. The molecule has 2 aromatic carbocycles. The maximum absolute atomic E-state index is 10.6. The molecule has 0 saturated carbocycles. The van der Waals surface area contributed by atoms with Crippen molar-refractivity contribution in [1.29, 1.82) is 0 Å². The third-order valence-corrected chi connectivity index (χ3v) is 3.24. The van der Waals surface area contributed by atoms with E-state index in [1.165, 1.54) is 0 Å². The van der Waals surface area contributed by atoms with E-state index in [1.807, 2.05) is 31.2 Å². The maximum atomic E-state index is 10.6. The molecule has 2 rings (SSSR count). The Morgan fingerprint density at radius 1 is 1.10 bits per heavy atom. The van der Waals surface area contributed by atoms with Crippen molar-refractivity contribution in [2.75, 3.05) is 13.7 Å². The number of para-hydroxylation sites is 1. The van der Waals surface area contributed by atoms with E-state index in [9.17, 15) is 5.11 Å². The molecule has 0 fully saturated rings. The molecule has 3 nitrogen and oxygen atoms in total. The normalized spacial score (nSPS) is 12.0. The van der Waals surface area contributed by atoms with Gasteiger partial charge in [0.15, 0.2) is 0 Å². The maximum Gasteiger partial charge on any atom is 0.126 e. The molecule has 0 amide bonds. The standard InChI is InChI=1S/C16H17ClO3/c1-3-20-14-7-5-4-6-12(14)16(18)13-9-8-11(17)10-15(13)19-2/h4-10,16,18H,3H2,1-2H3. The number of hydrogen-bond donors (Lipinski definition) is 1. The van der Waals surface area contributed by atoms with Crippen LogP contribution in [0.1, 0.15) is 24.2 Å². The number of ether oxygens (including phenoxy) is 2. The first kappa shape index (κ1) is 14.7. The Kier molecular flexibility index (Phi) is 4.88. The van der Waals surface area contributed by atoms with E-state index in [1.54, 1.807) is 25.3 Å². The fourth-order valence-electron chi connectivity index (χ4n) is 2.07. The van der Waals surface area contributed by atoms with Crippen molar-refractivity contribution >= 4 is 11.6 Å². The summed E-state index contributed by atoms with van der Waals surface area (Å²) in [4.78, 5) is 0. The minimum atomic E-state index is -0.829. The summed E-state index contributed by atoms with van der Waals surface area (Å²) in [6, 6.07) is 12.6. The predicted molar refractivity (Wildman–Crippen MR) is 79.7 cm³/mol. The van der Waals surface area contributed by atoms with Crippen LogP contribution >= 0.6 is 11.6 Å². The second-order valence-corrected chi connectivity index (χ2v) is 4.70. The Bertz CT molecular complexity index is 584. The van der Waals surface area contributed by atoms with E-state index >= 15 is 0 Å². The summed E-state index contributed by atoms with van der Waals surface area (Å²) < 4.78 is 10.8. The first-order valence-electron chi connectivity index (χ1n) is 6.40. The number of methoxy groups -OCH3 is 1. The van der Waals surface area contributed by atoms with Gasteiger partial charge in [-0.25, -0.2) is 0 Å². The number of hydrogen-bond acceptors (Lipinski definition) is 3. The van der Waals surface area contributed by atoms with Crippen molar-refractivity contribution in [1.82, 2.24) is 0 Å². The molecule has 0 heterocycles. The monoisotopic (exact) mass is 292 g/mol. The highest BCUT2D eigenvalue weighted by molar-refractivity contribution is 6.30. The molecule has 0 bridgehead atoms. The summed E-state index contributed by atoms with van der Waals surface area (Å²) in [5.74, 6) is 1.22. The van der Waals surface area contributed by atoms with Gasteiger partial charge < -0.3 is 14.6 Å². The molecular weight excluding hydrogens is 276 g/mol. The Morgan fingerprint density at radius 3 is 2.50 bits per heavy atom. The first-order valence-corrected chi connectivity index (χ1v) is 6.78. The van der Waals surface area contributed by atoms with Crippen molar-refractivity contribution < 1.29 is 14.6 Å². The highest BCUT2D eigenvalue weighted by atomic mass is 35.5. The highest BCUT2D eigenvalue weighted by Gasteiger charge is 2.19. The van der Waals surface area contributed by atoms with Gasteiger partial charge in [0, 0.05) is 16.1 Å². The average Bonchev–Trinajstić information content (AvgIpc) is 2.47. The van der Waals surface area contributed by atoms with Crippen molar-refractivity contribution in [3.05, 3.63) is 58.6 Å². The topological polar surface area (TPSA) is 38.7 Å². The van der Waals surface area contributed by atoms with Gasteiger partial charge in [-0.1, -0.05) is 35.9 Å². The number of rotatable bonds is 5. The van der Waals surface area contributed by atoms with E-state index in [-0.39, 0.29) is 0 Å². The summed E-state index contributed by atoms with van der Waals surface area (Å²) >= 11 is 5.94. The molecule has 0 aliphatic heterocycles. The van der Waals surface area contributed by atoms with E-state index in [4.69, 9.17) is 21.1 Å². The van der Waals surface area contributed by atoms with Gasteiger partial charge in [0.1, 0.15) is 17.6 Å². The lowest BCUT2D eigenvalue weighted by Crippen LogP contribution is -2.05. The fourth-order valence-corrected chi connectivity index (χ4v) is 2.23. The van der Waals surface area contributed by atoms with E-state index < -0.39 is 6.10 Å². The minimum absolute atomic E-state index is 0.543. The van der Waals surface area contributed by atoms with Crippen LogP contribution < -0.4 is 9.47 Å². The zero-order valence-electron chi connectivity index (χ0n) is 11.5. The van der Waals surface area contributed by atoms with Crippen LogP contribution in [0.4, 0.5) is 0 Å². The van der Waals surface area contributed by atoms with Gasteiger partial charge in [-0.05, 0) is 25.1 Å². The van der Waals surface area contributed by atoms with E-state index in [0.717, 1.165) is 0 Å². The van der Waals surface area contributed by atoms with Crippen LogP contribution in [0.15, 0.2) is 42.5 Å². The number of halogens is 1. The van der Waals surface area contributed by atoms with Gasteiger partial charge in [0.25, 0.3) is 0 Å². The predicted octanol–water partition coefficient (Wildman–Crippen LogP) is 3.83. The molecule has 0 aliphatic rings. The number of aliphatic hydroxyl groups excluding tert-OH is 1. The second-order valence-electron chi connectivity index (χ2n) is 4.26. The summed E-state index contributed by atoms with van der Waals surface area (Å²) in [7, 11) is 1.55. The lowest BCUT2D eigenvalue weighted by Gasteiger charge is -2.18. The third-order valence-electron chi connectivity index (χ3n) is 3.00. The third kappa shape index (κ3) is 3.06. The summed E-state index contributed by atoms with van der Waals surface area (Å²) in [5.41, 5.74) is 1.36. The Morgan fingerprint density at radius 2 is 1.80 bits per heavy atom. The zero-order chi connectivity index (χ0) is 14.5. The van der Waals surface area contributed by atoms with Crippen LogP contribution in [0.3, 0.4) is 0 Å². The highest BCUT2D eigenvalue weighted by Crippen LogP contribution is 2.35. The van der Waals surface area contributed by atoms with Crippen LogP contribution in [0, 0.1) is 0 Å². The van der Waals surface area contributed by atoms with Crippen molar-refractivity contribution in [3.8, 4) is 11.5 Å². The van der Waals surface area contributed by atoms with Gasteiger partial charge in [-0.15, -0.1) is 0 Å². The SMILES string of the molecule is CCOc1ccccc1C(O)c1ccc(Cl)cc1OC. The molecule has 20 heavy (non-hydrogen) atoms. The molecule has 0 radical (unpaired) electrons. The molecule has 2 aromatic rings. The second kappa shape index (κ2) is 6.64. The van der Waals surface area contributed by atoms with Crippen molar-refractivity contribution in [2.45, 2.75) is 13.0 Å². The van der Waals surface area contributed by atoms with Gasteiger partial charge in [0.2, 0.25) is 0 Å². The zero-order valence-corrected chi connectivity index (χ0v) is 12.2. The summed E-state index contributed by atoms with van der Waals surface area (Å²) in [5, 5.41) is 11.2. The summed E-state index contributed by atoms with van der Waals surface area (Å²) in [6.07, 6.45) is -0.829. The Hall–Kier alpha value is -1.71. The molecule has 106 valence electrons. The quantitative estimate of drug-likeness (QED) is 0.910. The molecule has 0 spiro atoms. The first-order chi connectivity index (χ1) is 9.67. The largest absolute Gasteiger partial charge is 0.496 e. The Labute approximate surface area is 123 Å². The van der Waals surface area contributed by atoms with Gasteiger partial charge in [-0.2, -0.15) is 0 Å².